The first-order valence-electron chi connectivity index (χ1n) is 13.4. The van der Waals surface area contributed by atoms with Crippen LogP contribution in [0.1, 0.15) is 31.4 Å². The largest absolute Gasteiger partial charge is 0.489 e. The number of aryl methyl sites for hydroxylation is 1. The molecule has 0 radical (unpaired) electrons. The van der Waals surface area contributed by atoms with Crippen LogP contribution in [0.3, 0.4) is 0 Å². The molecule has 4 heterocycles. The van der Waals surface area contributed by atoms with Crippen LogP contribution >= 0.6 is 0 Å². The maximum Gasteiger partial charge on any atom is 0.247 e. The number of anilines is 4. The number of carbonyl (C=O) groups is 1. The van der Waals surface area contributed by atoms with Gasteiger partial charge in [-0.15, -0.1) is 0 Å². The Morgan fingerprint density at radius 2 is 1.97 bits per heavy atom. The molecule has 2 aliphatic heterocycles. The highest BCUT2D eigenvalue weighted by atomic mass is 16.5. The molecule has 3 aromatic rings. The minimum absolute atomic E-state index is 0.0693. The first-order chi connectivity index (χ1) is 18.9. The fourth-order valence-electron chi connectivity index (χ4n) is 4.57. The van der Waals surface area contributed by atoms with Crippen molar-refractivity contribution in [2.24, 2.45) is 0 Å². The number of hydrogen-bond acceptors (Lipinski definition) is 9. The van der Waals surface area contributed by atoms with Gasteiger partial charge in [0.05, 0.1) is 42.6 Å². The molecule has 0 aliphatic carbocycles. The lowest BCUT2D eigenvalue weighted by Crippen LogP contribution is -2.36. The average molecular weight is 533 g/mol. The highest BCUT2D eigenvalue weighted by Gasteiger charge is 2.21. The van der Waals surface area contributed by atoms with Gasteiger partial charge in [-0.3, -0.25) is 9.69 Å². The molecule has 11 heteroatoms. The van der Waals surface area contributed by atoms with Crippen molar-refractivity contribution < 1.29 is 14.3 Å². The summed E-state index contributed by atoms with van der Waals surface area (Å²) in [4.78, 5) is 26.2. The third kappa shape index (κ3) is 6.37. The summed E-state index contributed by atoms with van der Waals surface area (Å²) in [5.74, 6) is 1.42. The average Bonchev–Trinajstić information content (AvgIpc) is 3.37. The zero-order valence-electron chi connectivity index (χ0n) is 22.8. The van der Waals surface area contributed by atoms with E-state index in [0.717, 1.165) is 36.4 Å². The molecular weight excluding hydrogens is 496 g/mol. The number of carbonyl (C=O) groups excluding carboxylic acids is 1. The number of morpholine rings is 1. The van der Waals surface area contributed by atoms with E-state index in [1.165, 1.54) is 12.5 Å². The SMILES string of the molecule is C=CC(=O)Nc1cc(Nc2ncc(C)c(-n3cc(CN4CCC4)cn3)n2)c(OC(C)C)cc1N1CCOCC1. The third-order valence-corrected chi connectivity index (χ3v) is 6.66. The van der Waals surface area contributed by atoms with Crippen LogP contribution < -0.4 is 20.3 Å². The smallest absolute Gasteiger partial charge is 0.247 e. The summed E-state index contributed by atoms with van der Waals surface area (Å²) in [6.45, 7) is 15.3. The van der Waals surface area contributed by atoms with Gasteiger partial charge >= 0.3 is 0 Å². The third-order valence-electron chi connectivity index (χ3n) is 6.66. The van der Waals surface area contributed by atoms with Crippen molar-refractivity contribution in [1.29, 1.82) is 0 Å². The summed E-state index contributed by atoms with van der Waals surface area (Å²) in [6, 6.07) is 3.79. The van der Waals surface area contributed by atoms with Crippen LogP contribution in [-0.4, -0.2) is 76.1 Å². The molecule has 2 aromatic heterocycles. The van der Waals surface area contributed by atoms with E-state index >= 15 is 0 Å². The first kappa shape index (κ1) is 26.6. The van der Waals surface area contributed by atoms with E-state index in [0.29, 0.717) is 55.2 Å². The molecule has 0 unspecified atom stereocenters. The van der Waals surface area contributed by atoms with E-state index in [1.54, 1.807) is 10.9 Å². The molecule has 0 spiro atoms. The number of ether oxygens (including phenoxy) is 2. The molecule has 2 fully saturated rings. The maximum atomic E-state index is 12.3. The highest BCUT2D eigenvalue weighted by Crippen LogP contribution is 2.39. The molecule has 0 saturated carbocycles. The van der Waals surface area contributed by atoms with Crippen molar-refractivity contribution in [2.75, 3.05) is 54.9 Å². The molecule has 11 nitrogen and oxygen atoms in total. The number of amides is 1. The zero-order chi connectivity index (χ0) is 27.4. The van der Waals surface area contributed by atoms with Crippen molar-refractivity contribution >= 4 is 28.9 Å². The fourth-order valence-corrected chi connectivity index (χ4v) is 4.57. The standard InChI is InChI=1S/C28H36N8O3/c1-5-26(37)31-22-13-23(25(39-19(2)3)14-24(22)35-9-11-38-12-10-35)32-28-29-15-20(4)27(33-28)36-18-21(16-30-36)17-34-7-6-8-34/h5,13-16,18-19H,1,6-12,17H2,2-4H3,(H,31,37)(H,29,32,33). The van der Waals surface area contributed by atoms with Crippen molar-refractivity contribution in [3.63, 3.8) is 0 Å². The number of aromatic nitrogens is 4. The molecule has 206 valence electrons. The fraction of sp³-hybridized carbons (Fsp3) is 0.429. The van der Waals surface area contributed by atoms with Crippen molar-refractivity contribution in [3.05, 3.63) is 54.5 Å². The number of likely N-dealkylation sites (tertiary alicyclic amines) is 1. The van der Waals surface area contributed by atoms with E-state index in [9.17, 15) is 4.79 Å². The van der Waals surface area contributed by atoms with Gasteiger partial charge in [-0.25, -0.2) is 9.67 Å². The first-order valence-corrected chi connectivity index (χ1v) is 13.4. The van der Waals surface area contributed by atoms with Gasteiger partial charge < -0.3 is 25.0 Å². The van der Waals surface area contributed by atoms with Crippen LogP contribution in [0.25, 0.3) is 5.82 Å². The van der Waals surface area contributed by atoms with Crippen molar-refractivity contribution in [3.8, 4) is 11.6 Å². The van der Waals surface area contributed by atoms with E-state index in [-0.39, 0.29) is 12.0 Å². The van der Waals surface area contributed by atoms with E-state index in [2.05, 4.69) is 37.1 Å². The second-order valence-corrected chi connectivity index (χ2v) is 10.1. The topological polar surface area (TPSA) is 110 Å². The zero-order valence-corrected chi connectivity index (χ0v) is 22.8. The molecule has 2 saturated heterocycles. The predicted molar refractivity (Wildman–Crippen MR) is 151 cm³/mol. The van der Waals surface area contributed by atoms with Crippen LogP contribution in [0.2, 0.25) is 0 Å². The van der Waals surface area contributed by atoms with E-state index in [4.69, 9.17) is 14.5 Å². The minimum atomic E-state index is -0.297. The number of nitrogens with one attached hydrogen (secondary N) is 2. The van der Waals surface area contributed by atoms with E-state index < -0.39 is 0 Å². The lowest BCUT2D eigenvalue weighted by Gasteiger charge is -2.31. The van der Waals surface area contributed by atoms with Crippen LogP contribution in [-0.2, 0) is 16.1 Å². The van der Waals surface area contributed by atoms with Gasteiger partial charge in [-0.1, -0.05) is 6.58 Å². The maximum absolute atomic E-state index is 12.3. The Morgan fingerprint density at radius 1 is 1.18 bits per heavy atom. The summed E-state index contributed by atoms with van der Waals surface area (Å²) >= 11 is 0. The quantitative estimate of drug-likeness (QED) is 0.378. The normalized spacial score (nSPS) is 15.6. The molecule has 1 aromatic carbocycles. The highest BCUT2D eigenvalue weighted by molar-refractivity contribution is 6.02. The summed E-state index contributed by atoms with van der Waals surface area (Å²) in [7, 11) is 0. The Labute approximate surface area is 228 Å². The van der Waals surface area contributed by atoms with Crippen LogP contribution in [0.15, 0.2) is 43.4 Å². The van der Waals surface area contributed by atoms with Gasteiger partial charge in [0, 0.05) is 49.2 Å². The molecule has 5 rings (SSSR count). The predicted octanol–water partition coefficient (Wildman–Crippen LogP) is 3.67. The van der Waals surface area contributed by atoms with Crippen LogP contribution in [0.5, 0.6) is 5.75 Å². The van der Waals surface area contributed by atoms with Crippen LogP contribution in [0.4, 0.5) is 23.0 Å². The van der Waals surface area contributed by atoms with Gasteiger partial charge in [0.1, 0.15) is 5.75 Å². The molecule has 2 aliphatic rings. The van der Waals surface area contributed by atoms with Gasteiger partial charge in [0.25, 0.3) is 0 Å². The summed E-state index contributed by atoms with van der Waals surface area (Å²) in [5.41, 5.74) is 4.17. The summed E-state index contributed by atoms with van der Waals surface area (Å²) in [6.07, 6.45) is 8.12. The summed E-state index contributed by atoms with van der Waals surface area (Å²) < 4.78 is 13.5. The van der Waals surface area contributed by atoms with Gasteiger partial charge in [-0.05, 0) is 52.4 Å². The Balaban J connectivity index is 1.47. The van der Waals surface area contributed by atoms with Crippen molar-refractivity contribution in [1.82, 2.24) is 24.6 Å². The molecule has 0 atom stereocenters. The Morgan fingerprint density at radius 3 is 2.67 bits per heavy atom. The second kappa shape index (κ2) is 11.8. The number of rotatable bonds is 10. The lowest BCUT2D eigenvalue weighted by atomic mass is 10.1. The van der Waals surface area contributed by atoms with Gasteiger partial charge in [0.15, 0.2) is 5.82 Å². The van der Waals surface area contributed by atoms with Crippen molar-refractivity contribution in [2.45, 2.75) is 39.8 Å². The molecule has 39 heavy (non-hydrogen) atoms. The lowest BCUT2D eigenvalue weighted by molar-refractivity contribution is -0.111. The van der Waals surface area contributed by atoms with Gasteiger partial charge in [-0.2, -0.15) is 10.1 Å². The summed E-state index contributed by atoms with van der Waals surface area (Å²) in [5, 5.41) is 10.8. The number of benzene rings is 1. The monoisotopic (exact) mass is 532 g/mol. The molecule has 0 bridgehead atoms. The van der Waals surface area contributed by atoms with E-state index in [1.807, 2.05) is 45.3 Å². The van der Waals surface area contributed by atoms with Crippen LogP contribution in [0, 0.1) is 6.92 Å². The second-order valence-electron chi connectivity index (χ2n) is 10.1. The molecular formula is C28H36N8O3. The number of nitrogens with zero attached hydrogens (tertiary/aromatic N) is 6. The Bertz CT molecular complexity index is 1330. The molecule has 1 amide bonds. The Kier molecular flexibility index (Phi) is 8.08. The minimum Gasteiger partial charge on any atom is -0.489 e. The Hall–Kier alpha value is -3.96. The molecule has 2 N–H and O–H groups in total. The number of hydrogen-bond donors (Lipinski definition) is 2. The van der Waals surface area contributed by atoms with Gasteiger partial charge in [0.2, 0.25) is 11.9 Å².